The summed E-state index contributed by atoms with van der Waals surface area (Å²) in [5, 5.41) is 28.4. The Kier molecular flexibility index (Phi) is 7.10. The van der Waals surface area contributed by atoms with Crippen LogP contribution >= 0.6 is 19.2 Å². The standard InChI is InChI=1S/C17H22ClF3N5O7P/c18-16-24-12(23-7-3-1-2-4-7)8-5-22-26(13(8)25-16)14-11(28)10(27)9(33-14)6-32-15(17(19,20)21)34(29,30)31/h5,7,9-11,14-15,27-28H,1-4,6H2,(H,23,24,25)(H2,29,30,31)/t9-,10-,11-,14-,15?/m1/s1. The number of halogens is 4. The van der Waals surface area contributed by atoms with Crippen LogP contribution in [0.15, 0.2) is 6.20 Å². The maximum Gasteiger partial charge on any atom is 0.426 e. The molecule has 17 heteroatoms. The van der Waals surface area contributed by atoms with Crippen LogP contribution < -0.4 is 5.32 Å². The average molecular weight is 532 g/mol. The van der Waals surface area contributed by atoms with Crippen LogP contribution in [-0.4, -0.2) is 82.7 Å². The smallest absolute Gasteiger partial charge is 0.387 e. The number of nitrogens with zero attached hydrogens (tertiary/aromatic N) is 4. The molecule has 0 aromatic carbocycles. The van der Waals surface area contributed by atoms with Crippen molar-refractivity contribution in [2.75, 3.05) is 11.9 Å². The van der Waals surface area contributed by atoms with Gasteiger partial charge in [0.1, 0.15) is 24.1 Å². The van der Waals surface area contributed by atoms with Crippen LogP contribution in [0, 0.1) is 0 Å². The normalized spacial score (nSPS) is 27.5. The van der Waals surface area contributed by atoms with Gasteiger partial charge in [-0.1, -0.05) is 12.8 Å². The van der Waals surface area contributed by atoms with Gasteiger partial charge >= 0.3 is 13.8 Å². The second kappa shape index (κ2) is 9.47. The number of ether oxygens (including phenoxy) is 2. The Morgan fingerprint density at radius 1 is 1.26 bits per heavy atom. The van der Waals surface area contributed by atoms with Gasteiger partial charge in [0, 0.05) is 6.04 Å². The lowest BCUT2D eigenvalue weighted by Crippen LogP contribution is -2.38. The number of fused-ring (bicyclic) bond motifs is 1. The molecule has 1 saturated heterocycles. The van der Waals surface area contributed by atoms with E-state index in [9.17, 15) is 27.9 Å². The van der Waals surface area contributed by atoms with E-state index in [4.69, 9.17) is 26.1 Å². The van der Waals surface area contributed by atoms with Crippen molar-refractivity contribution < 1.29 is 47.2 Å². The highest BCUT2D eigenvalue weighted by atomic mass is 35.5. The Labute approximate surface area is 195 Å². The van der Waals surface area contributed by atoms with Gasteiger partial charge in [0.05, 0.1) is 18.2 Å². The van der Waals surface area contributed by atoms with Crippen molar-refractivity contribution in [1.29, 1.82) is 0 Å². The first-order valence-electron chi connectivity index (χ1n) is 10.3. The molecule has 1 aliphatic carbocycles. The molecule has 2 aromatic heterocycles. The van der Waals surface area contributed by atoms with E-state index < -0.39 is 50.8 Å². The monoisotopic (exact) mass is 531 g/mol. The Morgan fingerprint density at radius 2 is 1.94 bits per heavy atom. The van der Waals surface area contributed by atoms with Crippen LogP contribution in [0.5, 0.6) is 0 Å². The van der Waals surface area contributed by atoms with Crippen molar-refractivity contribution in [3.05, 3.63) is 11.5 Å². The van der Waals surface area contributed by atoms with Crippen LogP contribution in [0.2, 0.25) is 5.28 Å². The Bertz CT molecular complexity index is 1080. The lowest BCUT2D eigenvalue weighted by molar-refractivity contribution is -0.206. The summed E-state index contributed by atoms with van der Waals surface area (Å²) in [6.45, 7) is -1.06. The van der Waals surface area contributed by atoms with Gasteiger partial charge in [0.15, 0.2) is 11.9 Å². The molecule has 0 bridgehead atoms. The molecule has 2 fully saturated rings. The molecule has 5 N–H and O–H groups in total. The van der Waals surface area contributed by atoms with E-state index in [-0.39, 0.29) is 17.0 Å². The molecule has 0 amide bonds. The van der Waals surface area contributed by atoms with Crippen LogP contribution in [0.4, 0.5) is 19.0 Å². The third-order valence-corrected chi connectivity index (χ3v) is 6.93. The highest BCUT2D eigenvalue weighted by molar-refractivity contribution is 7.52. The molecule has 12 nitrogen and oxygen atoms in total. The number of aromatic nitrogens is 4. The summed E-state index contributed by atoms with van der Waals surface area (Å²) in [5.74, 6) is -3.00. The van der Waals surface area contributed by atoms with Crippen LogP contribution in [0.25, 0.3) is 11.0 Å². The van der Waals surface area contributed by atoms with E-state index in [2.05, 4.69) is 25.1 Å². The molecule has 4 rings (SSSR count). The van der Waals surface area contributed by atoms with Crippen molar-refractivity contribution in [2.24, 2.45) is 0 Å². The minimum absolute atomic E-state index is 0.127. The van der Waals surface area contributed by atoms with E-state index in [0.717, 1.165) is 30.4 Å². The third kappa shape index (κ3) is 5.16. The van der Waals surface area contributed by atoms with Crippen molar-refractivity contribution in [3.8, 4) is 0 Å². The van der Waals surface area contributed by atoms with Gasteiger partial charge in [0.25, 0.3) is 5.85 Å². The minimum Gasteiger partial charge on any atom is -0.387 e. The third-order valence-electron chi connectivity index (χ3n) is 5.70. The summed E-state index contributed by atoms with van der Waals surface area (Å²) in [6, 6.07) is 0.185. The van der Waals surface area contributed by atoms with Gasteiger partial charge in [-0.3, -0.25) is 4.57 Å². The Hall–Kier alpha value is -1.58. The maximum atomic E-state index is 12.9. The first-order valence-corrected chi connectivity index (χ1v) is 12.3. The lowest BCUT2D eigenvalue weighted by Gasteiger charge is -2.23. The summed E-state index contributed by atoms with van der Waals surface area (Å²) in [5.41, 5.74) is 0.140. The number of hydrogen-bond acceptors (Lipinski definition) is 9. The number of rotatable bonds is 7. The molecule has 190 valence electrons. The van der Waals surface area contributed by atoms with E-state index >= 15 is 0 Å². The first kappa shape index (κ1) is 25.5. The van der Waals surface area contributed by atoms with Crippen molar-refractivity contribution in [1.82, 2.24) is 19.7 Å². The molecular formula is C17H22ClF3N5O7P. The lowest BCUT2D eigenvalue weighted by atomic mass is 10.1. The Morgan fingerprint density at radius 3 is 2.56 bits per heavy atom. The summed E-state index contributed by atoms with van der Waals surface area (Å²) in [7, 11) is -5.71. The Balaban J connectivity index is 1.55. The van der Waals surface area contributed by atoms with Gasteiger partial charge in [-0.2, -0.15) is 28.2 Å². The second-order valence-electron chi connectivity index (χ2n) is 8.16. The quantitative estimate of drug-likeness (QED) is 0.259. The number of aliphatic hydroxyl groups excluding tert-OH is 2. The van der Waals surface area contributed by atoms with Crippen LogP contribution in [0.1, 0.15) is 31.9 Å². The molecule has 1 aliphatic heterocycles. The van der Waals surface area contributed by atoms with Gasteiger partial charge in [0.2, 0.25) is 5.28 Å². The molecule has 34 heavy (non-hydrogen) atoms. The van der Waals surface area contributed by atoms with E-state index in [1.54, 1.807) is 0 Å². The van der Waals surface area contributed by atoms with Gasteiger partial charge < -0.3 is 34.8 Å². The number of aliphatic hydroxyl groups is 2. The zero-order chi connectivity index (χ0) is 24.8. The maximum absolute atomic E-state index is 12.9. The number of alkyl halides is 3. The van der Waals surface area contributed by atoms with E-state index in [1.165, 1.54) is 6.20 Å². The van der Waals surface area contributed by atoms with E-state index in [1.807, 2.05) is 0 Å². The molecule has 2 aliphatic rings. The predicted molar refractivity (Wildman–Crippen MR) is 110 cm³/mol. The fourth-order valence-corrected chi connectivity index (χ4v) is 4.92. The molecule has 0 spiro atoms. The molecule has 3 heterocycles. The topological polar surface area (TPSA) is 172 Å². The summed E-state index contributed by atoms with van der Waals surface area (Å²) in [6.07, 6.45) is -6.31. The average Bonchev–Trinajstić information content (AvgIpc) is 3.42. The first-order chi connectivity index (χ1) is 15.9. The van der Waals surface area contributed by atoms with Gasteiger partial charge in [-0.15, -0.1) is 0 Å². The fraction of sp³-hybridized carbons (Fsp3) is 0.706. The van der Waals surface area contributed by atoms with Crippen molar-refractivity contribution in [3.63, 3.8) is 0 Å². The molecule has 1 saturated carbocycles. The number of anilines is 1. The van der Waals surface area contributed by atoms with Gasteiger partial charge in [-0.05, 0) is 24.4 Å². The molecule has 2 aromatic rings. The zero-order valence-corrected chi connectivity index (χ0v) is 19.0. The number of nitrogens with one attached hydrogen (secondary N) is 1. The molecular weight excluding hydrogens is 510 g/mol. The predicted octanol–water partition coefficient (Wildman–Crippen LogP) is 1.54. The fourth-order valence-electron chi connectivity index (χ4n) is 4.10. The summed E-state index contributed by atoms with van der Waals surface area (Å²) < 4.78 is 60.9. The second-order valence-corrected chi connectivity index (χ2v) is 10.1. The van der Waals surface area contributed by atoms with Crippen LogP contribution in [-0.2, 0) is 14.0 Å². The van der Waals surface area contributed by atoms with Crippen LogP contribution in [0.3, 0.4) is 0 Å². The molecule has 0 radical (unpaired) electrons. The molecule has 5 atom stereocenters. The highest BCUT2D eigenvalue weighted by Gasteiger charge is 2.53. The largest absolute Gasteiger partial charge is 0.426 e. The van der Waals surface area contributed by atoms with E-state index in [0.29, 0.717) is 11.2 Å². The van der Waals surface area contributed by atoms with Gasteiger partial charge in [-0.25, -0.2) is 4.68 Å². The summed E-state index contributed by atoms with van der Waals surface area (Å²) >= 11 is 6.05. The van der Waals surface area contributed by atoms with Crippen molar-refractivity contribution in [2.45, 2.75) is 68.3 Å². The minimum atomic E-state index is -5.71. The SMILES string of the molecule is O=P(O)(O)C(OC[C@H]1O[C@@H](n2ncc3c(NC4CCCC4)nc(Cl)nc32)[C@H](O)[C@@H]1O)C(F)(F)F. The number of hydrogen-bond donors (Lipinski definition) is 5. The summed E-state index contributed by atoms with van der Waals surface area (Å²) in [4.78, 5) is 26.2. The van der Waals surface area contributed by atoms with Crippen molar-refractivity contribution >= 4 is 36.0 Å². The molecule has 1 unspecified atom stereocenters. The highest BCUT2D eigenvalue weighted by Crippen LogP contribution is 2.50. The zero-order valence-electron chi connectivity index (χ0n) is 17.3.